The van der Waals surface area contributed by atoms with Gasteiger partial charge in [0.1, 0.15) is 10.0 Å². The standard InChI is InChI=1S/C21H17FN4O4S2/c1-12-2-7-19(31-12)32(29,30)25-21(28)24-14-3-5-15(6-4-14)26-9-8-13-10-18(23)17(22)11-16(13)20(26)27/h2-11H,23H2,1H3,(H2,24,25,28). The van der Waals surface area contributed by atoms with Crippen molar-refractivity contribution in [3.63, 3.8) is 0 Å². The molecule has 2 heterocycles. The second-order valence-corrected chi connectivity index (χ2v) is 10.1. The van der Waals surface area contributed by atoms with E-state index in [9.17, 15) is 22.4 Å². The van der Waals surface area contributed by atoms with Gasteiger partial charge < -0.3 is 11.1 Å². The molecule has 0 aliphatic heterocycles. The van der Waals surface area contributed by atoms with Gasteiger partial charge in [-0.2, -0.15) is 0 Å². The van der Waals surface area contributed by atoms with E-state index in [1.54, 1.807) is 31.2 Å². The van der Waals surface area contributed by atoms with Gasteiger partial charge in [-0.15, -0.1) is 11.3 Å². The lowest BCUT2D eigenvalue weighted by atomic mass is 10.1. The van der Waals surface area contributed by atoms with Gasteiger partial charge >= 0.3 is 6.03 Å². The van der Waals surface area contributed by atoms with Crippen molar-refractivity contribution in [1.29, 1.82) is 0 Å². The fourth-order valence-corrected chi connectivity index (χ4v) is 5.27. The van der Waals surface area contributed by atoms with Gasteiger partial charge in [-0.25, -0.2) is 22.3 Å². The molecule has 4 aromatic rings. The lowest BCUT2D eigenvalue weighted by Crippen LogP contribution is -2.33. The number of sulfonamides is 1. The first kappa shape index (κ1) is 21.5. The van der Waals surface area contributed by atoms with Crippen molar-refractivity contribution < 1.29 is 17.6 Å². The Hall–Kier alpha value is -3.70. The van der Waals surface area contributed by atoms with E-state index in [1.165, 1.54) is 35.0 Å². The van der Waals surface area contributed by atoms with Crippen LogP contribution in [0.2, 0.25) is 0 Å². The highest BCUT2D eigenvalue weighted by molar-refractivity contribution is 7.92. The summed E-state index contributed by atoms with van der Waals surface area (Å²) in [6.07, 6.45) is 1.53. The zero-order valence-corrected chi connectivity index (χ0v) is 18.3. The summed E-state index contributed by atoms with van der Waals surface area (Å²) in [5.74, 6) is -0.675. The van der Waals surface area contributed by atoms with E-state index in [1.807, 2.05) is 4.72 Å². The van der Waals surface area contributed by atoms with Crippen LogP contribution in [0.1, 0.15) is 4.88 Å². The largest absolute Gasteiger partial charge is 0.396 e. The van der Waals surface area contributed by atoms with Crippen LogP contribution in [0.5, 0.6) is 0 Å². The Morgan fingerprint density at radius 2 is 1.81 bits per heavy atom. The maximum absolute atomic E-state index is 13.8. The number of urea groups is 1. The number of thiophene rings is 1. The molecule has 4 N–H and O–H groups in total. The van der Waals surface area contributed by atoms with Crippen molar-refractivity contribution >= 4 is 49.5 Å². The zero-order chi connectivity index (χ0) is 23.0. The van der Waals surface area contributed by atoms with E-state index >= 15 is 0 Å². The fraction of sp³-hybridized carbons (Fsp3) is 0.0476. The number of carbonyl (C=O) groups excluding carboxylic acids is 1. The molecule has 0 aliphatic carbocycles. The molecule has 2 amide bonds. The number of nitrogens with zero attached hydrogens (tertiary/aromatic N) is 1. The molecule has 0 saturated heterocycles. The van der Waals surface area contributed by atoms with E-state index in [4.69, 9.17) is 5.73 Å². The number of hydrogen-bond acceptors (Lipinski definition) is 6. The normalized spacial score (nSPS) is 11.4. The molecule has 32 heavy (non-hydrogen) atoms. The molecule has 0 atom stereocenters. The number of nitrogens with two attached hydrogens (primary N) is 1. The van der Waals surface area contributed by atoms with E-state index in [0.717, 1.165) is 22.3 Å². The lowest BCUT2D eigenvalue weighted by molar-refractivity contribution is 0.256. The number of amides is 2. The number of halogens is 1. The second kappa shape index (κ2) is 8.09. The van der Waals surface area contributed by atoms with E-state index in [2.05, 4.69) is 5.32 Å². The highest BCUT2D eigenvalue weighted by Crippen LogP contribution is 2.21. The monoisotopic (exact) mass is 472 g/mol. The predicted molar refractivity (Wildman–Crippen MR) is 122 cm³/mol. The number of aromatic nitrogens is 1. The van der Waals surface area contributed by atoms with E-state index < -0.39 is 27.4 Å². The highest BCUT2D eigenvalue weighted by atomic mass is 32.2. The summed E-state index contributed by atoms with van der Waals surface area (Å²) in [6.45, 7) is 1.76. The average molecular weight is 473 g/mol. The molecule has 4 rings (SSSR count). The number of nitrogen functional groups attached to an aromatic ring is 1. The number of fused-ring (bicyclic) bond motifs is 1. The predicted octanol–water partition coefficient (Wildman–Crippen LogP) is 3.59. The van der Waals surface area contributed by atoms with Gasteiger partial charge in [0.2, 0.25) is 0 Å². The van der Waals surface area contributed by atoms with Crippen LogP contribution in [0.4, 0.5) is 20.6 Å². The van der Waals surface area contributed by atoms with Gasteiger partial charge in [0.15, 0.2) is 0 Å². The van der Waals surface area contributed by atoms with Crippen molar-refractivity contribution in [2.45, 2.75) is 11.1 Å². The summed E-state index contributed by atoms with van der Waals surface area (Å²) in [7, 11) is -3.97. The summed E-state index contributed by atoms with van der Waals surface area (Å²) in [5, 5.41) is 3.13. The van der Waals surface area contributed by atoms with Crippen molar-refractivity contribution in [3.05, 3.63) is 81.8 Å². The minimum atomic E-state index is -3.97. The molecular weight excluding hydrogens is 455 g/mol. The number of anilines is 2. The van der Waals surface area contributed by atoms with Crippen LogP contribution in [0.15, 0.2) is 69.8 Å². The van der Waals surface area contributed by atoms with Crippen molar-refractivity contribution in [2.75, 3.05) is 11.1 Å². The number of pyridine rings is 1. The molecule has 0 fully saturated rings. The fourth-order valence-electron chi connectivity index (χ4n) is 3.08. The molecule has 0 saturated carbocycles. The molecular formula is C21H17FN4O4S2. The third-order valence-electron chi connectivity index (χ3n) is 4.63. The van der Waals surface area contributed by atoms with E-state index in [-0.39, 0.29) is 15.3 Å². The maximum Gasteiger partial charge on any atom is 0.333 e. The third kappa shape index (κ3) is 4.20. The Bertz CT molecular complexity index is 1510. The van der Waals surface area contributed by atoms with Crippen LogP contribution in [-0.2, 0) is 10.0 Å². The van der Waals surface area contributed by atoms with Gasteiger partial charge in [-0.1, -0.05) is 0 Å². The lowest BCUT2D eigenvalue weighted by Gasteiger charge is -2.10. The smallest absolute Gasteiger partial charge is 0.333 e. The molecule has 0 aliphatic rings. The Morgan fingerprint density at radius 1 is 1.09 bits per heavy atom. The first-order valence-electron chi connectivity index (χ1n) is 9.25. The first-order valence-corrected chi connectivity index (χ1v) is 11.5. The Morgan fingerprint density at radius 3 is 2.47 bits per heavy atom. The quantitative estimate of drug-likeness (QED) is 0.392. The summed E-state index contributed by atoms with van der Waals surface area (Å²) in [5.41, 5.74) is 5.87. The number of carbonyl (C=O) groups is 1. The Kier molecular flexibility index (Phi) is 5.45. The van der Waals surface area contributed by atoms with Gasteiger partial charge in [0.25, 0.3) is 15.6 Å². The minimum absolute atomic E-state index is 0.0365. The molecule has 8 nitrogen and oxygen atoms in total. The number of rotatable bonds is 4. The number of benzene rings is 2. The zero-order valence-electron chi connectivity index (χ0n) is 16.6. The molecule has 0 radical (unpaired) electrons. The summed E-state index contributed by atoms with van der Waals surface area (Å²) in [6, 6.07) is 12.4. The van der Waals surface area contributed by atoms with Crippen LogP contribution in [0, 0.1) is 12.7 Å². The summed E-state index contributed by atoms with van der Waals surface area (Å²) in [4.78, 5) is 25.7. The average Bonchev–Trinajstić information content (AvgIpc) is 3.18. The van der Waals surface area contributed by atoms with Crippen LogP contribution in [-0.4, -0.2) is 19.0 Å². The first-order chi connectivity index (χ1) is 15.1. The molecule has 2 aromatic carbocycles. The van der Waals surface area contributed by atoms with Crippen LogP contribution < -0.4 is 21.3 Å². The Balaban J connectivity index is 1.53. The minimum Gasteiger partial charge on any atom is -0.396 e. The maximum atomic E-state index is 13.8. The van der Waals surface area contributed by atoms with Gasteiger partial charge in [-0.05, 0) is 66.9 Å². The molecule has 2 aromatic heterocycles. The van der Waals surface area contributed by atoms with Crippen LogP contribution >= 0.6 is 11.3 Å². The van der Waals surface area contributed by atoms with Crippen LogP contribution in [0.3, 0.4) is 0 Å². The van der Waals surface area contributed by atoms with E-state index in [0.29, 0.717) is 16.8 Å². The van der Waals surface area contributed by atoms with Crippen molar-refractivity contribution in [3.8, 4) is 5.69 Å². The Labute approximate surface area is 186 Å². The molecule has 0 bridgehead atoms. The van der Waals surface area contributed by atoms with Crippen molar-refractivity contribution in [2.24, 2.45) is 0 Å². The number of aryl methyl sites for hydroxylation is 1. The number of nitrogens with one attached hydrogen (secondary N) is 2. The van der Waals surface area contributed by atoms with Crippen molar-refractivity contribution in [1.82, 2.24) is 9.29 Å². The highest BCUT2D eigenvalue weighted by Gasteiger charge is 2.19. The number of hydrogen-bond donors (Lipinski definition) is 3. The SMILES string of the molecule is Cc1ccc(S(=O)(=O)NC(=O)Nc2ccc(-n3ccc4cc(N)c(F)cc4c3=O)cc2)s1. The molecule has 164 valence electrons. The van der Waals surface area contributed by atoms with Gasteiger partial charge in [0, 0.05) is 22.4 Å². The van der Waals surface area contributed by atoms with Gasteiger partial charge in [-0.3, -0.25) is 9.36 Å². The third-order valence-corrected chi connectivity index (χ3v) is 7.46. The van der Waals surface area contributed by atoms with Crippen LogP contribution in [0.25, 0.3) is 16.5 Å². The molecule has 0 spiro atoms. The second-order valence-electron chi connectivity index (χ2n) is 6.92. The molecule has 11 heteroatoms. The van der Waals surface area contributed by atoms with Gasteiger partial charge in [0.05, 0.1) is 11.1 Å². The summed E-state index contributed by atoms with van der Waals surface area (Å²) < 4.78 is 41.6. The topological polar surface area (TPSA) is 123 Å². The summed E-state index contributed by atoms with van der Waals surface area (Å²) >= 11 is 1.05. The molecule has 0 unspecified atom stereocenters.